The summed E-state index contributed by atoms with van der Waals surface area (Å²) in [5.74, 6) is 0.714. The van der Waals surface area contributed by atoms with Gasteiger partial charge in [0.1, 0.15) is 0 Å². The number of nitrogens with zero attached hydrogens (tertiary/aromatic N) is 3. The SMILES string of the molecule is CCN1CCCC1CNC(=N/CNC1CCCCCC1)/N=C(\N)Nc1ccc(NC(C)=O)cc1. The number of hydrogen-bond donors (Lipinski definition) is 5. The highest BCUT2D eigenvalue weighted by Gasteiger charge is 2.22. The fraction of sp³-hybridized carbons (Fsp3) is 0.640. The predicted molar refractivity (Wildman–Crippen MR) is 141 cm³/mol. The second-order valence-corrected chi connectivity index (χ2v) is 9.22. The Bertz CT molecular complexity index is 815. The van der Waals surface area contributed by atoms with Crippen LogP contribution in [0.1, 0.15) is 65.2 Å². The molecule has 34 heavy (non-hydrogen) atoms. The molecule has 1 aliphatic carbocycles. The zero-order valence-electron chi connectivity index (χ0n) is 20.8. The molecule has 1 saturated heterocycles. The Hall–Kier alpha value is -2.65. The summed E-state index contributed by atoms with van der Waals surface area (Å²) in [5, 5.41) is 12.9. The first-order valence-corrected chi connectivity index (χ1v) is 12.8. The Morgan fingerprint density at radius 2 is 1.71 bits per heavy atom. The summed E-state index contributed by atoms with van der Waals surface area (Å²) in [6, 6.07) is 8.36. The smallest absolute Gasteiger partial charge is 0.222 e. The summed E-state index contributed by atoms with van der Waals surface area (Å²) < 4.78 is 0. The summed E-state index contributed by atoms with van der Waals surface area (Å²) in [4.78, 5) is 23.0. The number of likely N-dealkylation sites (N-methyl/N-ethyl adjacent to an activating group) is 1. The Morgan fingerprint density at radius 1 is 1.03 bits per heavy atom. The molecule has 1 unspecified atom stereocenters. The van der Waals surface area contributed by atoms with Crippen LogP contribution >= 0.6 is 0 Å². The van der Waals surface area contributed by atoms with Crippen molar-refractivity contribution in [3.05, 3.63) is 24.3 Å². The minimum Gasteiger partial charge on any atom is -0.369 e. The molecule has 3 rings (SSSR count). The van der Waals surface area contributed by atoms with Gasteiger partial charge in [0, 0.05) is 36.9 Å². The van der Waals surface area contributed by atoms with E-state index in [1.807, 2.05) is 24.3 Å². The van der Waals surface area contributed by atoms with Gasteiger partial charge in [0.15, 0.2) is 0 Å². The second-order valence-electron chi connectivity index (χ2n) is 9.22. The van der Waals surface area contributed by atoms with Gasteiger partial charge in [-0.05, 0) is 63.0 Å². The maximum absolute atomic E-state index is 11.2. The molecule has 1 atom stereocenters. The third-order valence-corrected chi connectivity index (χ3v) is 6.57. The number of hydrogen-bond acceptors (Lipinski definition) is 4. The van der Waals surface area contributed by atoms with Crippen molar-refractivity contribution < 1.29 is 4.79 Å². The molecule has 1 aromatic rings. The molecule has 1 heterocycles. The highest BCUT2D eigenvalue weighted by Crippen LogP contribution is 2.17. The van der Waals surface area contributed by atoms with Gasteiger partial charge < -0.3 is 21.7 Å². The minimum absolute atomic E-state index is 0.102. The largest absolute Gasteiger partial charge is 0.369 e. The Balaban J connectivity index is 1.61. The average molecular weight is 471 g/mol. The molecule has 188 valence electrons. The van der Waals surface area contributed by atoms with Crippen LogP contribution < -0.4 is 27.0 Å². The molecule has 9 heteroatoms. The lowest BCUT2D eigenvalue weighted by Gasteiger charge is -2.23. The monoisotopic (exact) mass is 470 g/mol. The van der Waals surface area contributed by atoms with Crippen molar-refractivity contribution in [1.82, 2.24) is 15.5 Å². The van der Waals surface area contributed by atoms with Crippen LogP contribution in [0.25, 0.3) is 0 Å². The maximum atomic E-state index is 11.2. The molecule has 1 saturated carbocycles. The molecular formula is C25H42N8O. The molecule has 0 bridgehead atoms. The van der Waals surface area contributed by atoms with Crippen LogP contribution in [-0.4, -0.2) is 61.1 Å². The number of carbonyl (C=O) groups excluding carboxylic acids is 1. The van der Waals surface area contributed by atoms with E-state index in [0.29, 0.717) is 24.7 Å². The van der Waals surface area contributed by atoms with Crippen molar-refractivity contribution in [1.29, 1.82) is 0 Å². The van der Waals surface area contributed by atoms with Crippen LogP contribution in [0.15, 0.2) is 34.3 Å². The van der Waals surface area contributed by atoms with E-state index in [1.54, 1.807) is 0 Å². The van der Waals surface area contributed by atoms with Crippen molar-refractivity contribution in [2.24, 2.45) is 15.7 Å². The highest BCUT2D eigenvalue weighted by molar-refractivity contribution is 6.01. The maximum Gasteiger partial charge on any atom is 0.222 e. The van der Waals surface area contributed by atoms with Crippen LogP contribution in [0.5, 0.6) is 0 Å². The standard InChI is InChI=1S/C25H42N8O/c1-3-33-16-8-11-23(33)17-27-25(29-18-28-20-9-6-4-5-7-10-20)32-24(26)31-22-14-12-21(13-15-22)30-19(2)34/h12-15,20,23,28H,3-11,16-18H2,1-2H3,(H,30,34)(H4,26,27,29,31,32). The molecule has 1 aliphatic heterocycles. The summed E-state index contributed by atoms with van der Waals surface area (Å²) in [6.07, 6.45) is 10.1. The van der Waals surface area contributed by atoms with Gasteiger partial charge in [0.05, 0.1) is 6.67 Å². The normalized spacial score (nSPS) is 20.7. The van der Waals surface area contributed by atoms with Crippen molar-refractivity contribution in [3.63, 3.8) is 0 Å². The van der Waals surface area contributed by atoms with E-state index in [1.165, 1.54) is 58.3 Å². The van der Waals surface area contributed by atoms with Gasteiger partial charge >= 0.3 is 0 Å². The van der Waals surface area contributed by atoms with E-state index in [9.17, 15) is 4.79 Å². The van der Waals surface area contributed by atoms with Crippen molar-refractivity contribution in [3.8, 4) is 0 Å². The first kappa shape index (κ1) is 26.0. The fourth-order valence-corrected chi connectivity index (χ4v) is 4.75. The molecule has 2 aliphatic rings. The third kappa shape index (κ3) is 8.95. The van der Waals surface area contributed by atoms with Crippen LogP contribution in [0.4, 0.5) is 11.4 Å². The number of guanidine groups is 2. The lowest BCUT2D eigenvalue weighted by atomic mass is 10.1. The van der Waals surface area contributed by atoms with Crippen LogP contribution in [0.3, 0.4) is 0 Å². The molecule has 2 fully saturated rings. The molecule has 0 aromatic heterocycles. The van der Waals surface area contributed by atoms with Gasteiger partial charge in [0.25, 0.3) is 0 Å². The molecule has 0 spiro atoms. The third-order valence-electron chi connectivity index (χ3n) is 6.57. The van der Waals surface area contributed by atoms with Crippen molar-refractivity contribution in [2.75, 3.05) is 36.9 Å². The van der Waals surface area contributed by atoms with E-state index in [0.717, 1.165) is 31.0 Å². The lowest BCUT2D eigenvalue weighted by molar-refractivity contribution is -0.114. The average Bonchev–Trinajstić information content (AvgIpc) is 3.12. The number of aliphatic imine (C=N–C) groups is 2. The number of anilines is 2. The van der Waals surface area contributed by atoms with Gasteiger partial charge in [0.2, 0.25) is 17.8 Å². The number of amides is 1. The molecule has 9 nitrogen and oxygen atoms in total. The zero-order valence-corrected chi connectivity index (χ0v) is 20.8. The summed E-state index contributed by atoms with van der Waals surface area (Å²) in [7, 11) is 0. The lowest BCUT2D eigenvalue weighted by Crippen LogP contribution is -2.41. The molecule has 1 aromatic carbocycles. The first-order valence-electron chi connectivity index (χ1n) is 12.8. The van der Waals surface area contributed by atoms with Gasteiger partial charge in [-0.1, -0.05) is 32.6 Å². The molecule has 0 radical (unpaired) electrons. The molecular weight excluding hydrogens is 428 g/mol. The van der Waals surface area contributed by atoms with Gasteiger partial charge in [-0.15, -0.1) is 0 Å². The number of carbonyl (C=O) groups is 1. The van der Waals surface area contributed by atoms with E-state index in [2.05, 4.69) is 38.1 Å². The number of nitrogens with one attached hydrogen (secondary N) is 4. The van der Waals surface area contributed by atoms with Crippen LogP contribution in [-0.2, 0) is 4.79 Å². The van der Waals surface area contributed by atoms with Crippen molar-refractivity contribution in [2.45, 2.75) is 77.3 Å². The fourth-order valence-electron chi connectivity index (χ4n) is 4.75. The molecule has 6 N–H and O–H groups in total. The number of benzene rings is 1. The topological polar surface area (TPSA) is 119 Å². The molecule has 1 amide bonds. The van der Waals surface area contributed by atoms with Gasteiger partial charge in [-0.25, -0.2) is 4.99 Å². The Morgan fingerprint density at radius 3 is 2.35 bits per heavy atom. The van der Waals surface area contributed by atoms with Crippen LogP contribution in [0.2, 0.25) is 0 Å². The van der Waals surface area contributed by atoms with Gasteiger partial charge in [-0.2, -0.15) is 4.99 Å². The van der Waals surface area contributed by atoms with E-state index < -0.39 is 0 Å². The second kappa shape index (κ2) is 13.9. The summed E-state index contributed by atoms with van der Waals surface area (Å²) in [5.41, 5.74) is 7.74. The predicted octanol–water partition coefficient (Wildman–Crippen LogP) is 3.07. The quantitative estimate of drug-likeness (QED) is 0.226. The van der Waals surface area contributed by atoms with E-state index in [4.69, 9.17) is 10.7 Å². The Labute approximate surface area is 204 Å². The van der Waals surface area contributed by atoms with Crippen LogP contribution in [0, 0.1) is 0 Å². The van der Waals surface area contributed by atoms with E-state index >= 15 is 0 Å². The first-order chi connectivity index (χ1) is 16.5. The number of nitrogens with two attached hydrogens (primary N) is 1. The zero-order chi connectivity index (χ0) is 24.2. The highest BCUT2D eigenvalue weighted by atomic mass is 16.1. The van der Waals surface area contributed by atoms with Gasteiger partial charge in [-0.3, -0.25) is 15.0 Å². The van der Waals surface area contributed by atoms with E-state index in [-0.39, 0.29) is 11.9 Å². The van der Waals surface area contributed by atoms with Crippen molar-refractivity contribution >= 4 is 29.2 Å². The summed E-state index contributed by atoms with van der Waals surface area (Å²) in [6.45, 7) is 7.24. The summed E-state index contributed by atoms with van der Waals surface area (Å²) >= 11 is 0. The number of likely N-dealkylation sites (tertiary alicyclic amines) is 1. The Kier molecular flexibility index (Phi) is 10.6. The minimum atomic E-state index is -0.102. The number of rotatable bonds is 8.